The monoisotopic (exact) mass is 739 g/mol. The van der Waals surface area contributed by atoms with Crippen LogP contribution in [0.1, 0.15) is 37.8 Å². The molecule has 0 bridgehead atoms. The molecular formula is C36H39BrClN3O5S. The van der Waals surface area contributed by atoms with Gasteiger partial charge in [0.2, 0.25) is 11.8 Å². The second kappa shape index (κ2) is 17.3. The minimum Gasteiger partial charge on any atom is -0.492 e. The molecule has 4 aromatic rings. The Kier molecular flexibility index (Phi) is 13.3. The lowest BCUT2D eigenvalue weighted by Crippen LogP contribution is -2.53. The van der Waals surface area contributed by atoms with Crippen LogP contribution in [0, 0.1) is 0 Å². The number of para-hydroxylation sites is 2. The summed E-state index contributed by atoms with van der Waals surface area (Å²) in [4.78, 5) is 30.0. The topological polar surface area (TPSA) is 96.0 Å². The van der Waals surface area contributed by atoms with Gasteiger partial charge in [-0.25, -0.2) is 8.42 Å². The van der Waals surface area contributed by atoms with Crippen molar-refractivity contribution in [1.82, 2.24) is 10.2 Å². The molecule has 0 fully saturated rings. The minimum absolute atomic E-state index is 0.0438. The van der Waals surface area contributed by atoms with Crippen LogP contribution in [0.4, 0.5) is 5.69 Å². The van der Waals surface area contributed by atoms with Crippen molar-refractivity contribution >= 4 is 55.1 Å². The fourth-order valence-electron chi connectivity index (χ4n) is 5.08. The maximum absolute atomic E-state index is 14.6. The molecule has 0 unspecified atom stereocenters. The molecule has 1 atom stereocenters. The molecule has 0 saturated carbocycles. The molecule has 11 heteroatoms. The van der Waals surface area contributed by atoms with Crippen molar-refractivity contribution < 1.29 is 22.7 Å². The van der Waals surface area contributed by atoms with Crippen LogP contribution in [0.15, 0.2) is 112 Å². The molecule has 47 heavy (non-hydrogen) atoms. The highest BCUT2D eigenvalue weighted by Gasteiger charge is 2.35. The summed E-state index contributed by atoms with van der Waals surface area (Å²) >= 11 is 9.59. The molecule has 0 aliphatic carbocycles. The predicted octanol–water partition coefficient (Wildman–Crippen LogP) is 7.25. The molecule has 1 N–H and O–H groups in total. The van der Waals surface area contributed by atoms with Crippen LogP contribution in [0.2, 0.25) is 5.02 Å². The first kappa shape index (κ1) is 36.0. The number of benzene rings is 4. The molecule has 2 amide bonds. The quantitative estimate of drug-likeness (QED) is 0.122. The first-order valence-corrected chi connectivity index (χ1v) is 18.1. The van der Waals surface area contributed by atoms with E-state index in [1.54, 1.807) is 31.2 Å². The van der Waals surface area contributed by atoms with Gasteiger partial charge in [-0.05, 0) is 73.0 Å². The molecule has 4 aromatic carbocycles. The van der Waals surface area contributed by atoms with Crippen LogP contribution < -0.4 is 14.4 Å². The molecule has 0 aliphatic heterocycles. The van der Waals surface area contributed by atoms with Gasteiger partial charge < -0.3 is 15.0 Å². The second-order valence-corrected chi connectivity index (χ2v) is 14.1. The van der Waals surface area contributed by atoms with Crippen LogP contribution in [0.25, 0.3) is 0 Å². The zero-order chi connectivity index (χ0) is 33.8. The maximum Gasteiger partial charge on any atom is 0.264 e. The number of nitrogens with one attached hydrogen (secondary N) is 1. The Balaban J connectivity index is 1.83. The number of unbranched alkanes of at least 4 members (excludes halogenated alkanes) is 1. The number of halogens is 2. The van der Waals surface area contributed by atoms with Crippen LogP contribution in [0.5, 0.6) is 5.75 Å². The number of sulfonamides is 1. The first-order valence-electron chi connectivity index (χ1n) is 15.5. The lowest BCUT2D eigenvalue weighted by molar-refractivity contribution is -0.140. The zero-order valence-electron chi connectivity index (χ0n) is 26.4. The summed E-state index contributed by atoms with van der Waals surface area (Å²) in [6.07, 6.45) is 1.91. The molecule has 0 spiro atoms. The number of anilines is 1. The zero-order valence-corrected chi connectivity index (χ0v) is 29.6. The van der Waals surface area contributed by atoms with Gasteiger partial charge in [-0.2, -0.15) is 0 Å². The first-order chi connectivity index (χ1) is 22.6. The highest BCUT2D eigenvalue weighted by Crippen LogP contribution is 2.33. The third-order valence-electron chi connectivity index (χ3n) is 7.46. The van der Waals surface area contributed by atoms with E-state index < -0.39 is 28.5 Å². The number of carbonyl (C=O) groups excluding carboxylic acids is 2. The number of carbonyl (C=O) groups is 2. The van der Waals surface area contributed by atoms with Crippen LogP contribution >= 0.6 is 27.5 Å². The van der Waals surface area contributed by atoms with Crippen molar-refractivity contribution in [2.45, 2.75) is 50.6 Å². The van der Waals surface area contributed by atoms with Crippen LogP contribution in [-0.2, 0) is 32.6 Å². The highest BCUT2D eigenvalue weighted by atomic mass is 79.9. The molecule has 0 radical (unpaired) electrons. The Morgan fingerprint density at radius 3 is 2.26 bits per heavy atom. The van der Waals surface area contributed by atoms with E-state index in [9.17, 15) is 18.0 Å². The Morgan fingerprint density at radius 1 is 0.894 bits per heavy atom. The Morgan fingerprint density at radius 2 is 1.57 bits per heavy atom. The van der Waals surface area contributed by atoms with E-state index in [1.165, 1.54) is 29.2 Å². The summed E-state index contributed by atoms with van der Waals surface area (Å²) in [5.41, 5.74) is 1.84. The minimum atomic E-state index is -4.30. The van der Waals surface area contributed by atoms with Gasteiger partial charge in [0.15, 0.2) is 0 Å². The Bertz CT molecular complexity index is 1740. The van der Waals surface area contributed by atoms with E-state index in [2.05, 4.69) is 21.2 Å². The van der Waals surface area contributed by atoms with E-state index in [0.29, 0.717) is 17.3 Å². The molecule has 248 valence electrons. The third kappa shape index (κ3) is 9.82. The summed E-state index contributed by atoms with van der Waals surface area (Å²) in [6, 6.07) is 28.5. The molecule has 0 saturated heterocycles. The number of hydrogen-bond acceptors (Lipinski definition) is 5. The van der Waals surface area contributed by atoms with E-state index in [0.717, 1.165) is 32.7 Å². The normalized spacial score (nSPS) is 11.8. The fourth-order valence-corrected chi connectivity index (χ4v) is 7.08. The molecule has 8 nitrogen and oxygen atoms in total. The van der Waals surface area contributed by atoms with Gasteiger partial charge >= 0.3 is 0 Å². The lowest BCUT2D eigenvalue weighted by Gasteiger charge is -2.34. The summed E-state index contributed by atoms with van der Waals surface area (Å²) in [5.74, 6) is -0.565. The second-order valence-electron chi connectivity index (χ2n) is 10.9. The SMILES string of the molecule is CCCCNC(=O)[C@H](Cc1ccccc1)N(Cc1cccc(Br)c1)C(=O)CN(c1ccccc1OCC)S(=O)(=O)c1ccc(Cl)cc1. The number of ether oxygens (including phenoxy) is 1. The molecule has 0 heterocycles. The van der Waals surface area contributed by atoms with Crippen molar-refractivity contribution in [2.24, 2.45) is 0 Å². The van der Waals surface area contributed by atoms with Gasteiger partial charge in [0, 0.05) is 29.0 Å². The number of hydrogen-bond donors (Lipinski definition) is 1. The average Bonchev–Trinajstić information content (AvgIpc) is 3.06. The van der Waals surface area contributed by atoms with E-state index in [1.807, 2.05) is 61.5 Å². The van der Waals surface area contributed by atoms with Gasteiger partial charge in [-0.15, -0.1) is 0 Å². The number of rotatable bonds is 16. The predicted molar refractivity (Wildman–Crippen MR) is 190 cm³/mol. The van der Waals surface area contributed by atoms with Gasteiger partial charge in [0.1, 0.15) is 18.3 Å². The van der Waals surface area contributed by atoms with Crippen molar-refractivity contribution in [3.05, 3.63) is 124 Å². The molecule has 0 aliphatic rings. The van der Waals surface area contributed by atoms with Gasteiger partial charge in [0.25, 0.3) is 10.0 Å². The van der Waals surface area contributed by atoms with Crippen LogP contribution in [0.3, 0.4) is 0 Å². The molecule has 4 rings (SSSR count). The van der Waals surface area contributed by atoms with E-state index in [-0.39, 0.29) is 36.1 Å². The molecule has 0 aromatic heterocycles. The average molecular weight is 741 g/mol. The van der Waals surface area contributed by atoms with Crippen molar-refractivity contribution in [2.75, 3.05) is 24.0 Å². The van der Waals surface area contributed by atoms with Crippen molar-refractivity contribution in [3.8, 4) is 5.75 Å². The van der Waals surface area contributed by atoms with Crippen LogP contribution in [-0.4, -0.2) is 50.9 Å². The van der Waals surface area contributed by atoms with Gasteiger partial charge in [-0.3, -0.25) is 13.9 Å². The molecular weight excluding hydrogens is 702 g/mol. The lowest BCUT2D eigenvalue weighted by atomic mass is 10.0. The van der Waals surface area contributed by atoms with Crippen molar-refractivity contribution in [3.63, 3.8) is 0 Å². The van der Waals surface area contributed by atoms with Crippen molar-refractivity contribution in [1.29, 1.82) is 0 Å². The largest absolute Gasteiger partial charge is 0.492 e. The standard InChI is InChI=1S/C36H39BrClN3O5S/c1-3-5-22-39-36(43)33(24-27-12-7-6-8-13-27)40(25-28-14-11-15-29(37)23-28)35(42)26-41(32-16-9-10-17-34(32)46-4-2)47(44,45)31-20-18-30(38)19-21-31/h6-21,23,33H,3-5,22,24-26H2,1-2H3,(H,39,43)/t33-/m0/s1. The summed E-state index contributed by atoms with van der Waals surface area (Å²) in [6.45, 7) is 4.05. The number of amides is 2. The fraction of sp³-hybridized carbons (Fsp3) is 0.278. The Labute approximate surface area is 290 Å². The third-order valence-corrected chi connectivity index (χ3v) is 9.98. The van der Waals surface area contributed by atoms with Gasteiger partial charge in [-0.1, -0.05) is 95.5 Å². The summed E-state index contributed by atoms with van der Waals surface area (Å²) in [7, 11) is -4.30. The highest BCUT2D eigenvalue weighted by molar-refractivity contribution is 9.10. The van der Waals surface area contributed by atoms with Gasteiger partial charge in [0.05, 0.1) is 17.2 Å². The smallest absolute Gasteiger partial charge is 0.264 e. The Hall–Kier alpha value is -3.86. The number of nitrogens with zero attached hydrogens (tertiary/aromatic N) is 2. The maximum atomic E-state index is 14.6. The summed E-state index contributed by atoms with van der Waals surface area (Å²) < 4.78 is 36.3. The van der Waals surface area contributed by atoms with E-state index >= 15 is 0 Å². The van der Waals surface area contributed by atoms with E-state index in [4.69, 9.17) is 16.3 Å². The summed E-state index contributed by atoms with van der Waals surface area (Å²) in [5, 5.41) is 3.38.